The van der Waals surface area contributed by atoms with Crippen LogP contribution < -0.4 is 5.32 Å². The number of benzene rings is 1. The summed E-state index contributed by atoms with van der Waals surface area (Å²) in [5.74, 6) is -1.55. The summed E-state index contributed by atoms with van der Waals surface area (Å²) in [6, 6.07) is 3.63. The standard InChI is InChI=1S/C10H8F2N2/c1-2-3-14-10-8(11)4-7(6-13)5-9(10)12/h2,4-5,14H,1,3H2. The number of halogens is 2. The van der Waals surface area contributed by atoms with Gasteiger partial charge in [-0.1, -0.05) is 6.08 Å². The van der Waals surface area contributed by atoms with Gasteiger partial charge in [0.2, 0.25) is 0 Å². The third-order valence-electron chi connectivity index (χ3n) is 1.59. The van der Waals surface area contributed by atoms with Crippen LogP contribution in [-0.2, 0) is 0 Å². The van der Waals surface area contributed by atoms with E-state index in [1.54, 1.807) is 6.07 Å². The van der Waals surface area contributed by atoms with Crippen molar-refractivity contribution in [3.05, 3.63) is 42.0 Å². The summed E-state index contributed by atoms with van der Waals surface area (Å²) in [5, 5.41) is 10.9. The monoisotopic (exact) mass is 194 g/mol. The molecule has 1 aromatic rings. The number of anilines is 1. The molecule has 0 saturated heterocycles. The number of hydrogen-bond acceptors (Lipinski definition) is 2. The predicted molar refractivity (Wildman–Crippen MR) is 49.8 cm³/mol. The van der Waals surface area contributed by atoms with E-state index >= 15 is 0 Å². The van der Waals surface area contributed by atoms with Crippen molar-refractivity contribution >= 4 is 5.69 Å². The predicted octanol–water partition coefficient (Wildman–Crippen LogP) is 2.43. The first-order valence-electron chi connectivity index (χ1n) is 3.93. The second-order valence-electron chi connectivity index (χ2n) is 2.60. The molecule has 0 amide bonds. The van der Waals surface area contributed by atoms with Gasteiger partial charge in [0.15, 0.2) is 11.6 Å². The van der Waals surface area contributed by atoms with Crippen LogP contribution in [0, 0.1) is 23.0 Å². The van der Waals surface area contributed by atoms with E-state index in [0.717, 1.165) is 12.1 Å². The van der Waals surface area contributed by atoms with Crippen molar-refractivity contribution in [3.63, 3.8) is 0 Å². The first kappa shape index (κ1) is 10.2. The Morgan fingerprint density at radius 1 is 1.43 bits per heavy atom. The molecular weight excluding hydrogens is 186 g/mol. The van der Waals surface area contributed by atoms with E-state index in [9.17, 15) is 8.78 Å². The van der Waals surface area contributed by atoms with Crippen LogP contribution in [0.5, 0.6) is 0 Å². The first-order chi connectivity index (χ1) is 6.69. The second-order valence-corrected chi connectivity index (χ2v) is 2.60. The summed E-state index contributed by atoms with van der Waals surface area (Å²) in [6.07, 6.45) is 1.48. The maximum Gasteiger partial charge on any atom is 0.150 e. The Balaban J connectivity index is 3.06. The molecule has 2 nitrogen and oxygen atoms in total. The van der Waals surface area contributed by atoms with E-state index in [2.05, 4.69) is 11.9 Å². The van der Waals surface area contributed by atoms with Gasteiger partial charge in [0.25, 0.3) is 0 Å². The molecule has 0 radical (unpaired) electrons. The van der Waals surface area contributed by atoms with Gasteiger partial charge in [0, 0.05) is 6.54 Å². The largest absolute Gasteiger partial charge is 0.377 e. The minimum atomic E-state index is -0.775. The van der Waals surface area contributed by atoms with E-state index in [4.69, 9.17) is 5.26 Å². The number of nitrogens with zero attached hydrogens (tertiary/aromatic N) is 1. The molecule has 0 aliphatic rings. The second kappa shape index (κ2) is 4.38. The van der Waals surface area contributed by atoms with Crippen molar-refractivity contribution in [3.8, 4) is 6.07 Å². The molecule has 4 heteroatoms. The first-order valence-corrected chi connectivity index (χ1v) is 3.93. The summed E-state index contributed by atoms with van der Waals surface area (Å²) < 4.78 is 26.3. The highest BCUT2D eigenvalue weighted by atomic mass is 19.1. The molecule has 72 valence electrons. The number of rotatable bonds is 3. The van der Waals surface area contributed by atoms with E-state index < -0.39 is 11.6 Å². The number of nitrogens with one attached hydrogen (secondary N) is 1. The average Bonchev–Trinajstić information content (AvgIpc) is 2.16. The van der Waals surface area contributed by atoms with Crippen molar-refractivity contribution in [2.24, 2.45) is 0 Å². The molecule has 1 aromatic carbocycles. The maximum atomic E-state index is 13.1. The Morgan fingerprint density at radius 3 is 2.43 bits per heavy atom. The summed E-state index contributed by atoms with van der Waals surface area (Å²) in [6.45, 7) is 3.67. The molecule has 1 rings (SSSR count). The highest BCUT2D eigenvalue weighted by Crippen LogP contribution is 2.20. The molecule has 0 bridgehead atoms. The Bertz CT molecular complexity index is 371. The molecule has 14 heavy (non-hydrogen) atoms. The van der Waals surface area contributed by atoms with Crippen molar-refractivity contribution in [2.45, 2.75) is 0 Å². The van der Waals surface area contributed by atoms with Crippen LogP contribution in [-0.4, -0.2) is 6.54 Å². The molecule has 0 fully saturated rings. The van der Waals surface area contributed by atoms with Gasteiger partial charge >= 0.3 is 0 Å². The lowest BCUT2D eigenvalue weighted by Crippen LogP contribution is -2.03. The molecule has 0 aliphatic carbocycles. The van der Waals surface area contributed by atoms with Crippen molar-refractivity contribution in [1.29, 1.82) is 5.26 Å². The molecule has 0 atom stereocenters. The fourth-order valence-electron chi connectivity index (χ4n) is 0.981. The molecule has 0 heterocycles. The highest BCUT2D eigenvalue weighted by molar-refractivity contribution is 5.50. The third kappa shape index (κ3) is 2.07. The van der Waals surface area contributed by atoms with Crippen molar-refractivity contribution < 1.29 is 8.78 Å². The van der Waals surface area contributed by atoms with Gasteiger partial charge < -0.3 is 5.32 Å². The van der Waals surface area contributed by atoms with E-state index in [1.165, 1.54) is 6.08 Å². The Labute approximate surface area is 80.5 Å². The zero-order valence-corrected chi connectivity index (χ0v) is 7.35. The van der Waals surface area contributed by atoms with Gasteiger partial charge in [-0.15, -0.1) is 6.58 Å². The Morgan fingerprint density at radius 2 is 2.00 bits per heavy atom. The normalized spacial score (nSPS) is 9.21. The van der Waals surface area contributed by atoms with E-state index in [0.29, 0.717) is 0 Å². The van der Waals surface area contributed by atoms with Gasteiger partial charge in [-0.05, 0) is 12.1 Å². The third-order valence-corrected chi connectivity index (χ3v) is 1.59. The van der Waals surface area contributed by atoms with Gasteiger partial charge in [-0.3, -0.25) is 0 Å². The molecule has 0 saturated carbocycles. The molecule has 0 aliphatic heterocycles. The minimum absolute atomic E-state index is 0.0378. The smallest absolute Gasteiger partial charge is 0.150 e. The van der Waals surface area contributed by atoms with Gasteiger partial charge in [0.05, 0.1) is 11.6 Å². The summed E-state index contributed by atoms with van der Waals surface area (Å²) in [4.78, 5) is 0. The summed E-state index contributed by atoms with van der Waals surface area (Å²) in [7, 11) is 0. The molecular formula is C10H8F2N2. The highest BCUT2D eigenvalue weighted by Gasteiger charge is 2.09. The van der Waals surface area contributed by atoms with Gasteiger partial charge in [-0.2, -0.15) is 5.26 Å². The zero-order valence-electron chi connectivity index (χ0n) is 7.35. The van der Waals surface area contributed by atoms with Gasteiger partial charge in [0.1, 0.15) is 5.69 Å². The Kier molecular flexibility index (Phi) is 3.19. The number of hydrogen-bond donors (Lipinski definition) is 1. The van der Waals surface area contributed by atoms with Crippen LogP contribution in [0.1, 0.15) is 5.56 Å². The van der Waals surface area contributed by atoms with E-state index in [1.807, 2.05) is 0 Å². The number of nitriles is 1. The topological polar surface area (TPSA) is 35.8 Å². The Hall–Kier alpha value is -1.89. The molecule has 0 spiro atoms. The zero-order chi connectivity index (χ0) is 10.6. The average molecular weight is 194 g/mol. The van der Waals surface area contributed by atoms with E-state index in [-0.39, 0.29) is 17.8 Å². The lowest BCUT2D eigenvalue weighted by atomic mass is 10.2. The lowest BCUT2D eigenvalue weighted by molar-refractivity contribution is 0.588. The van der Waals surface area contributed by atoms with Crippen LogP contribution in [0.25, 0.3) is 0 Å². The minimum Gasteiger partial charge on any atom is -0.377 e. The van der Waals surface area contributed by atoms with Crippen molar-refractivity contribution in [2.75, 3.05) is 11.9 Å². The van der Waals surface area contributed by atoms with Gasteiger partial charge in [-0.25, -0.2) is 8.78 Å². The maximum absolute atomic E-state index is 13.1. The lowest BCUT2D eigenvalue weighted by Gasteiger charge is -2.06. The summed E-state index contributed by atoms with van der Waals surface area (Å²) in [5.41, 5.74) is -0.270. The van der Waals surface area contributed by atoms with Crippen LogP contribution in [0.15, 0.2) is 24.8 Å². The van der Waals surface area contributed by atoms with Crippen molar-refractivity contribution in [1.82, 2.24) is 0 Å². The summed E-state index contributed by atoms with van der Waals surface area (Å²) >= 11 is 0. The van der Waals surface area contributed by atoms with Crippen LogP contribution >= 0.6 is 0 Å². The fourth-order valence-corrected chi connectivity index (χ4v) is 0.981. The van der Waals surface area contributed by atoms with Crippen LogP contribution in [0.3, 0.4) is 0 Å². The molecule has 0 unspecified atom stereocenters. The van der Waals surface area contributed by atoms with Crippen LogP contribution in [0.2, 0.25) is 0 Å². The van der Waals surface area contributed by atoms with Crippen LogP contribution in [0.4, 0.5) is 14.5 Å². The quantitative estimate of drug-likeness (QED) is 0.750. The SMILES string of the molecule is C=CCNc1c(F)cc(C#N)cc1F. The molecule has 1 N–H and O–H groups in total. The molecule has 0 aromatic heterocycles. The fraction of sp³-hybridized carbons (Fsp3) is 0.100.